The highest BCUT2D eigenvalue weighted by Gasteiger charge is 2.11. The number of halogens is 1. The van der Waals surface area contributed by atoms with E-state index in [0.29, 0.717) is 19.5 Å². The fourth-order valence-electron chi connectivity index (χ4n) is 2.08. The number of carbonyl (C=O) groups is 2. The lowest BCUT2D eigenvalue weighted by Crippen LogP contribution is -2.29. The van der Waals surface area contributed by atoms with E-state index in [1.54, 1.807) is 30.3 Å². The van der Waals surface area contributed by atoms with Crippen LogP contribution >= 0.6 is 0 Å². The normalized spacial score (nSPS) is 10.2. The molecule has 126 valence electrons. The van der Waals surface area contributed by atoms with Crippen LogP contribution in [0.3, 0.4) is 0 Å². The molecule has 2 rings (SSSR count). The van der Waals surface area contributed by atoms with E-state index >= 15 is 0 Å². The maximum atomic E-state index is 12.8. The Morgan fingerprint density at radius 1 is 0.958 bits per heavy atom. The van der Waals surface area contributed by atoms with Crippen LogP contribution < -0.4 is 10.6 Å². The monoisotopic (exact) mass is 329 g/mol. The molecule has 0 aliphatic carbocycles. The Bertz CT molecular complexity index is 702. The third-order valence-electron chi connectivity index (χ3n) is 3.36. The molecule has 0 radical (unpaired) electrons. The maximum absolute atomic E-state index is 12.8. The fraction of sp³-hybridized carbons (Fsp3) is 0.278. The molecule has 2 N–H and O–H groups in total. The lowest BCUT2D eigenvalue weighted by molar-refractivity contribution is 0.0944. The molecule has 2 aromatic rings. The van der Waals surface area contributed by atoms with Gasteiger partial charge in [-0.05, 0) is 42.7 Å². The van der Waals surface area contributed by atoms with Crippen LogP contribution in [0.4, 0.5) is 4.39 Å². The fourth-order valence-corrected chi connectivity index (χ4v) is 2.08. The first-order chi connectivity index (χ1) is 11.6. The number of pyridine rings is 1. The average Bonchev–Trinajstić information content (AvgIpc) is 2.61. The average molecular weight is 329 g/mol. The quantitative estimate of drug-likeness (QED) is 0.819. The summed E-state index contributed by atoms with van der Waals surface area (Å²) in [5.41, 5.74) is 1.34. The molecule has 0 aliphatic heterocycles. The van der Waals surface area contributed by atoms with Gasteiger partial charge in [-0.1, -0.05) is 25.1 Å². The topological polar surface area (TPSA) is 71.1 Å². The van der Waals surface area contributed by atoms with Crippen molar-refractivity contribution in [2.24, 2.45) is 0 Å². The van der Waals surface area contributed by atoms with Crippen molar-refractivity contribution in [2.75, 3.05) is 13.1 Å². The summed E-state index contributed by atoms with van der Waals surface area (Å²) in [5.74, 6) is -0.926. The number of hydrogen-bond donors (Lipinski definition) is 2. The predicted molar refractivity (Wildman–Crippen MR) is 89.3 cm³/mol. The highest BCUT2D eigenvalue weighted by molar-refractivity contribution is 5.96. The molecule has 5 nitrogen and oxygen atoms in total. The van der Waals surface area contributed by atoms with Crippen molar-refractivity contribution in [3.8, 4) is 0 Å². The van der Waals surface area contributed by atoms with Crippen molar-refractivity contribution in [1.82, 2.24) is 15.6 Å². The van der Waals surface area contributed by atoms with Crippen molar-refractivity contribution in [3.05, 3.63) is 65.2 Å². The number of hydrogen-bond acceptors (Lipinski definition) is 3. The van der Waals surface area contributed by atoms with E-state index in [4.69, 9.17) is 0 Å². The molecule has 0 spiro atoms. The number of amides is 2. The van der Waals surface area contributed by atoms with Crippen LogP contribution in [0.5, 0.6) is 0 Å². The van der Waals surface area contributed by atoms with Gasteiger partial charge in [0, 0.05) is 13.1 Å². The Balaban J connectivity index is 1.90. The number of rotatable bonds is 7. The van der Waals surface area contributed by atoms with Crippen LogP contribution in [0, 0.1) is 5.82 Å². The van der Waals surface area contributed by atoms with E-state index in [0.717, 1.165) is 12.0 Å². The minimum atomic E-state index is -0.345. The lowest BCUT2D eigenvalue weighted by atomic mass is 10.1. The Hall–Kier alpha value is -2.76. The molecule has 0 aliphatic rings. The lowest BCUT2D eigenvalue weighted by Gasteiger charge is -2.07. The van der Waals surface area contributed by atoms with Gasteiger partial charge in [0.1, 0.15) is 17.2 Å². The Morgan fingerprint density at radius 3 is 2.12 bits per heavy atom. The summed E-state index contributed by atoms with van der Waals surface area (Å²) < 4.78 is 12.8. The Kier molecular flexibility index (Phi) is 6.42. The van der Waals surface area contributed by atoms with Gasteiger partial charge in [0.25, 0.3) is 11.8 Å². The largest absolute Gasteiger partial charge is 0.351 e. The number of nitrogens with one attached hydrogen (secondary N) is 2. The molecule has 0 saturated carbocycles. The molecular formula is C18H20FN3O2. The predicted octanol–water partition coefficient (Wildman–Crippen LogP) is 2.33. The highest BCUT2D eigenvalue weighted by Crippen LogP contribution is 2.04. The molecule has 0 atom stereocenters. The van der Waals surface area contributed by atoms with Crippen LogP contribution in [-0.2, 0) is 6.42 Å². The smallest absolute Gasteiger partial charge is 0.269 e. The first-order valence-corrected chi connectivity index (χ1v) is 7.88. The van der Waals surface area contributed by atoms with Gasteiger partial charge >= 0.3 is 0 Å². The molecule has 0 saturated heterocycles. The molecule has 0 unspecified atom stereocenters. The van der Waals surface area contributed by atoms with Crippen molar-refractivity contribution in [3.63, 3.8) is 0 Å². The van der Waals surface area contributed by atoms with Crippen molar-refractivity contribution in [2.45, 2.75) is 19.8 Å². The van der Waals surface area contributed by atoms with Gasteiger partial charge in [0.15, 0.2) is 0 Å². The van der Waals surface area contributed by atoms with E-state index in [1.807, 2.05) is 6.92 Å². The summed E-state index contributed by atoms with van der Waals surface area (Å²) in [4.78, 5) is 28.1. The molecule has 1 aromatic heterocycles. The Morgan fingerprint density at radius 2 is 1.54 bits per heavy atom. The number of benzene rings is 1. The molecule has 1 aromatic carbocycles. The van der Waals surface area contributed by atoms with Crippen LogP contribution in [-0.4, -0.2) is 29.9 Å². The number of aromatic nitrogens is 1. The Labute approximate surface area is 140 Å². The summed E-state index contributed by atoms with van der Waals surface area (Å²) >= 11 is 0. The minimum absolute atomic E-state index is 0.193. The zero-order valence-electron chi connectivity index (χ0n) is 13.5. The molecular weight excluding hydrogens is 309 g/mol. The van der Waals surface area contributed by atoms with Crippen LogP contribution in [0.2, 0.25) is 0 Å². The summed E-state index contributed by atoms with van der Waals surface area (Å²) in [6, 6.07) is 10.9. The molecule has 2 amide bonds. The van der Waals surface area contributed by atoms with E-state index in [9.17, 15) is 14.0 Å². The van der Waals surface area contributed by atoms with Crippen LogP contribution in [0.1, 0.15) is 39.9 Å². The van der Waals surface area contributed by atoms with Gasteiger partial charge in [-0.15, -0.1) is 0 Å². The second-order valence-electron chi connectivity index (χ2n) is 5.30. The molecule has 1 heterocycles. The van der Waals surface area contributed by atoms with E-state index < -0.39 is 0 Å². The van der Waals surface area contributed by atoms with E-state index in [2.05, 4.69) is 15.6 Å². The van der Waals surface area contributed by atoms with Crippen molar-refractivity contribution in [1.29, 1.82) is 0 Å². The van der Waals surface area contributed by atoms with Gasteiger partial charge in [-0.2, -0.15) is 0 Å². The molecule has 0 fully saturated rings. The molecule has 6 heteroatoms. The SMILES string of the molecule is CCCNC(=O)c1cccc(C(=O)NCCc2ccc(F)cc2)n1. The van der Waals surface area contributed by atoms with Crippen molar-refractivity contribution < 1.29 is 14.0 Å². The summed E-state index contributed by atoms with van der Waals surface area (Å²) in [6.45, 7) is 2.92. The first-order valence-electron chi connectivity index (χ1n) is 7.88. The van der Waals surface area contributed by atoms with Crippen LogP contribution in [0.15, 0.2) is 42.5 Å². The standard InChI is InChI=1S/C18H20FN3O2/c1-2-11-20-17(23)15-4-3-5-16(22-15)18(24)21-12-10-13-6-8-14(19)9-7-13/h3-9H,2,10-12H2,1H3,(H,20,23)(H,21,24). The number of carbonyl (C=O) groups excluding carboxylic acids is 2. The minimum Gasteiger partial charge on any atom is -0.351 e. The van der Waals surface area contributed by atoms with Crippen LogP contribution in [0.25, 0.3) is 0 Å². The first kappa shape index (κ1) is 17.6. The summed E-state index contributed by atoms with van der Waals surface area (Å²) in [7, 11) is 0. The zero-order chi connectivity index (χ0) is 17.4. The highest BCUT2D eigenvalue weighted by atomic mass is 19.1. The van der Waals surface area contributed by atoms with Gasteiger partial charge in [0.2, 0.25) is 0 Å². The molecule has 0 bridgehead atoms. The second-order valence-corrected chi connectivity index (χ2v) is 5.30. The third-order valence-corrected chi connectivity index (χ3v) is 3.36. The maximum Gasteiger partial charge on any atom is 0.269 e. The van der Waals surface area contributed by atoms with Gasteiger partial charge < -0.3 is 10.6 Å². The number of nitrogens with zero attached hydrogens (tertiary/aromatic N) is 1. The van der Waals surface area contributed by atoms with Gasteiger partial charge in [-0.25, -0.2) is 9.37 Å². The molecule has 24 heavy (non-hydrogen) atoms. The van der Waals surface area contributed by atoms with Gasteiger partial charge in [-0.3, -0.25) is 9.59 Å². The zero-order valence-corrected chi connectivity index (χ0v) is 13.5. The summed E-state index contributed by atoms with van der Waals surface area (Å²) in [5, 5.41) is 5.46. The second kappa shape index (κ2) is 8.76. The van der Waals surface area contributed by atoms with Gasteiger partial charge in [0.05, 0.1) is 0 Å². The summed E-state index contributed by atoms with van der Waals surface area (Å²) in [6.07, 6.45) is 1.41. The third kappa shape index (κ3) is 5.15. The van der Waals surface area contributed by atoms with E-state index in [-0.39, 0.29) is 29.0 Å². The van der Waals surface area contributed by atoms with Crippen molar-refractivity contribution >= 4 is 11.8 Å². The van der Waals surface area contributed by atoms with E-state index in [1.165, 1.54) is 12.1 Å².